The van der Waals surface area contributed by atoms with E-state index in [2.05, 4.69) is 20.9 Å². The highest BCUT2D eigenvalue weighted by Crippen LogP contribution is 2.31. The number of imide groups is 2. The van der Waals surface area contributed by atoms with Crippen LogP contribution in [0.4, 0.5) is 10.5 Å². The Morgan fingerprint density at radius 2 is 1.83 bits per heavy atom. The van der Waals surface area contributed by atoms with Crippen LogP contribution < -0.4 is 16.0 Å². The first kappa shape index (κ1) is 22.7. The Morgan fingerprint density at radius 1 is 1.09 bits per heavy atom. The number of urea groups is 1. The number of para-hydroxylation sites is 1. The molecule has 2 aromatic carbocycles. The maximum Gasteiger partial charge on any atom is 0.319 e. The Bertz CT molecular complexity index is 1400. The fourth-order valence-corrected chi connectivity index (χ4v) is 5.21. The van der Waals surface area contributed by atoms with Crippen molar-refractivity contribution in [2.24, 2.45) is 0 Å². The predicted molar refractivity (Wildman–Crippen MR) is 128 cm³/mol. The zero-order chi connectivity index (χ0) is 24.9. The molecule has 35 heavy (non-hydrogen) atoms. The Labute approximate surface area is 203 Å². The molecule has 3 heterocycles. The molecule has 3 N–H and O–H groups in total. The standard InChI is InChI=1S/C24H21N5O5S/c1-24(2,22-26-15-5-3-4-6-17(15)35-22)28-23(34)25-12-7-8-13-14(11-12)21(33)29(20(13)32)16-9-10-18(30)27-19(16)31/h3-8,11,16H,9-10H2,1-2H3,(H2,25,28,34)(H,27,30,31). The average Bonchev–Trinajstić information content (AvgIpc) is 3.34. The van der Waals surface area contributed by atoms with Gasteiger partial charge in [-0.15, -0.1) is 11.3 Å². The molecule has 5 rings (SSSR count). The second-order valence-electron chi connectivity index (χ2n) is 8.90. The third-order valence-electron chi connectivity index (χ3n) is 5.95. The molecule has 11 heteroatoms. The predicted octanol–water partition coefficient (Wildman–Crippen LogP) is 2.75. The summed E-state index contributed by atoms with van der Waals surface area (Å²) in [6.07, 6.45) is 0.117. The van der Waals surface area contributed by atoms with Gasteiger partial charge < -0.3 is 10.6 Å². The zero-order valence-corrected chi connectivity index (χ0v) is 19.7. The van der Waals surface area contributed by atoms with Gasteiger partial charge in [-0.1, -0.05) is 12.1 Å². The van der Waals surface area contributed by atoms with Crippen molar-refractivity contribution >= 4 is 56.9 Å². The fraction of sp³-hybridized carbons (Fsp3) is 0.250. The molecule has 0 saturated carbocycles. The Hall–Kier alpha value is -4.12. The van der Waals surface area contributed by atoms with Crippen molar-refractivity contribution < 1.29 is 24.0 Å². The second-order valence-corrected chi connectivity index (χ2v) is 9.93. The van der Waals surface area contributed by atoms with Gasteiger partial charge in [0.05, 0.1) is 26.9 Å². The van der Waals surface area contributed by atoms with Crippen LogP contribution >= 0.6 is 11.3 Å². The summed E-state index contributed by atoms with van der Waals surface area (Å²) in [5.41, 5.74) is 0.625. The molecule has 1 atom stereocenters. The number of carbonyl (C=O) groups is 5. The summed E-state index contributed by atoms with van der Waals surface area (Å²) in [5, 5.41) is 8.49. The maximum absolute atomic E-state index is 13.0. The molecular weight excluding hydrogens is 470 g/mol. The molecule has 0 radical (unpaired) electrons. The molecule has 2 aliphatic rings. The largest absolute Gasteiger partial charge is 0.326 e. The van der Waals surface area contributed by atoms with Crippen LogP contribution in [0.2, 0.25) is 0 Å². The van der Waals surface area contributed by atoms with E-state index in [0.717, 1.165) is 20.1 Å². The van der Waals surface area contributed by atoms with Crippen molar-refractivity contribution in [2.75, 3.05) is 5.32 Å². The van der Waals surface area contributed by atoms with Gasteiger partial charge in [0.15, 0.2) is 0 Å². The van der Waals surface area contributed by atoms with Crippen LogP contribution in [0.5, 0.6) is 0 Å². The van der Waals surface area contributed by atoms with Gasteiger partial charge in [0.25, 0.3) is 11.8 Å². The highest BCUT2D eigenvalue weighted by Gasteiger charge is 2.44. The first-order valence-electron chi connectivity index (χ1n) is 10.9. The number of nitrogens with zero attached hydrogens (tertiary/aromatic N) is 2. The quantitative estimate of drug-likeness (QED) is 0.480. The first-order chi connectivity index (χ1) is 16.6. The van der Waals surface area contributed by atoms with E-state index in [-0.39, 0.29) is 24.0 Å². The first-order valence-corrected chi connectivity index (χ1v) is 11.8. The van der Waals surface area contributed by atoms with E-state index in [1.54, 1.807) is 0 Å². The number of hydrogen-bond donors (Lipinski definition) is 3. The van der Waals surface area contributed by atoms with E-state index < -0.39 is 41.2 Å². The van der Waals surface area contributed by atoms with Crippen LogP contribution in [0.15, 0.2) is 42.5 Å². The number of aromatic nitrogens is 1. The third kappa shape index (κ3) is 4.03. The molecule has 1 saturated heterocycles. The van der Waals surface area contributed by atoms with E-state index in [0.29, 0.717) is 5.69 Å². The molecule has 0 bridgehead atoms. The van der Waals surface area contributed by atoms with Crippen molar-refractivity contribution in [3.05, 3.63) is 58.6 Å². The monoisotopic (exact) mass is 491 g/mol. The lowest BCUT2D eigenvalue weighted by atomic mass is 10.0. The smallest absolute Gasteiger partial charge is 0.319 e. The molecule has 2 aliphatic heterocycles. The Balaban J connectivity index is 1.31. The number of nitrogens with one attached hydrogen (secondary N) is 3. The highest BCUT2D eigenvalue weighted by atomic mass is 32.1. The van der Waals surface area contributed by atoms with Gasteiger partial charge in [-0.25, -0.2) is 9.78 Å². The number of carbonyl (C=O) groups excluding carboxylic acids is 5. The zero-order valence-electron chi connectivity index (χ0n) is 18.9. The normalized spacial score (nSPS) is 18.0. The van der Waals surface area contributed by atoms with Crippen molar-refractivity contribution in [1.29, 1.82) is 0 Å². The lowest BCUT2D eigenvalue weighted by Crippen LogP contribution is -2.54. The van der Waals surface area contributed by atoms with Crippen molar-refractivity contribution in [1.82, 2.24) is 20.5 Å². The molecule has 0 aliphatic carbocycles. The van der Waals surface area contributed by atoms with E-state index in [9.17, 15) is 24.0 Å². The molecule has 3 aromatic rings. The molecule has 10 nitrogen and oxygen atoms in total. The second kappa shape index (κ2) is 8.27. The molecule has 1 unspecified atom stereocenters. The van der Waals surface area contributed by atoms with Gasteiger partial charge in [-0.05, 0) is 50.6 Å². The van der Waals surface area contributed by atoms with Gasteiger partial charge in [-0.2, -0.15) is 0 Å². The summed E-state index contributed by atoms with van der Waals surface area (Å²) >= 11 is 1.49. The Morgan fingerprint density at radius 3 is 2.57 bits per heavy atom. The Kier molecular flexibility index (Phi) is 5.36. The van der Waals surface area contributed by atoms with E-state index in [1.807, 2.05) is 38.1 Å². The van der Waals surface area contributed by atoms with Crippen LogP contribution in [0.3, 0.4) is 0 Å². The number of thiazole rings is 1. The van der Waals surface area contributed by atoms with Crippen LogP contribution in [0, 0.1) is 0 Å². The number of fused-ring (bicyclic) bond motifs is 2. The van der Waals surface area contributed by atoms with E-state index in [1.165, 1.54) is 29.5 Å². The summed E-state index contributed by atoms with van der Waals surface area (Å²) in [6.45, 7) is 3.68. The SMILES string of the molecule is CC(C)(NC(=O)Nc1ccc2c(c1)C(=O)N(C1CCC(=O)NC1=O)C2=O)c1nc2ccccc2s1. The number of piperidine rings is 1. The van der Waals surface area contributed by atoms with Crippen LogP contribution in [0.1, 0.15) is 52.4 Å². The highest BCUT2D eigenvalue weighted by molar-refractivity contribution is 7.18. The molecule has 1 fully saturated rings. The van der Waals surface area contributed by atoms with Crippen molar-refractivity contribution in [3.63, 3.8) is 0 Å². The topological polar surface area (TPSA) is 138 Å². The van der Waals surface area contributed by atoms with Gasteiger partial charge >= 0.3 is 6.03 Å². The summed E-state index contributed by atoms with van der Waals surface area (Å²) in [7, 11) is 0. The number of rotatable bonds is 4. The van der Waals surface area contributed by atoms with Crippen LogP contribution in [0.25, 0.3) is 10.2 Å². The van der Waals surface area contributed by atoms with Crippen LogP contribution in [-0.2, 0) is 15.1 Å². The van der Waals surface area contributed by atoms with Crippen molar-refractivity contribution in [2.45, 2.75) is 38.3 Å². The summed E-state index contributed by atoms with van der Waals surface area (Å²) < 4.78 is 1.01. The number of amides is 6. The van der Waals surface area contributed by atoms with Gasteiger partial charge in [0.1, 0.15) is 11.0 Å². The molecule has 0 spiro atoms. The summed E-state index contributed by atoms with van der Waals surface area (Å²) in [5.74, 6) is -2.36. The number of hydrogen-bond acceptors (Lipinski definition) is 7. The molecule has 1 aromatic heterocycles. The fourth-order valence-electron chi connectivity index (χ4n) is 4.19. The third-order valence-corrected chi connectivity index (χ3v) is 7.31. The van der Waals surface area contributed by atoms with Gasteiger partial charge in [0.2, 0.25) is 11.8 Å². The summed E-state index contributed by atoms with van der Waals surface area (Å²) in [6, 6.07) is 10.5. The molecule has 178 valence electrons. The average molecular weight is 492 g/mol. The molecule has 6 amide bonds. The minimum absolute atomic E-state index is 0.0429. The van der Waals surface area contributed by atoms with E-state index in [4.69, 9.17) is 0 Å². The van der Waals surface area contributed by atoms with Gasteiger partial charge in [-0.3, -0.25) is 29.4 Å². The summed E-state index contributed by atoms with van der Waals surface area (Å²) in [4.78, 5) is 67.7. The van der Waals surface area contributed by atoms with Gasteiger partial charge in [0, 0.05) is 12.1 Å². The number of anilines is 1. The molecular formula is C24H21N5O5S. The number of benzene rings is 2. The lowest BCUT2D eigenvalue weighted by Gasteiger charge is -2.27. The lowest BCUT2D eigenvalue weighted by molar-refractivity contribution is -0.136. The maximum atomic E-state index is 13.0. The van der Waals surface area contributed by atoms with Crippen LogP contribution in [-0.4, -0.2) is 45.6 Å². The minimum Gasteiger partial charge on any atom is -0.326 e. The van der Waals surface area contributed by atoms with E-state index >= 15 is 0 Å². The minimum atomic E-state index is -1.05. The van der Waals surface area contributed by atoms with Crippen molar-refractivity contribution in [3.8, 4) is 0 Å².